The van der Waals surface area contributed by atoms with Gasteiger partial charge in [0.1, 0.15) is 19.0 Å². The summed E-state index contributed by atoms with van der Waals surface area (Å²) in [5, 5.41) is 0. The minimum absolute atomic E-state index is 0.271. The minimum atomic E-state index is -3.69. The quantitative estimate of drug-likeness (QED) is 0.433. The second-order valence-corrected chi connectivity index (χ2v) is 8.92. The number of rotatable bonds is 7. The zero-order valence-corrected chi connectivity index (χ0v) is 20.2. The predicted octanol–water partition coefficient (Wildman–Crippen LogP) is 5.31. The molecule has 0 unspecified atom stereocenters. The fraction of sp³-hybridized carbons (Fsp3) is 0.321. The molecule has 5 nitrogen and oxygen atoms in total. The topological polar surface area (TPSA) is 64.8 Å². The molecule has 2 N–H and O–H groups in total. The Balaban J connectivity index is 0.000000173. The summed E-state index contributed by atoms with van der Waals surface area (Å²) in [5.74, 6) is -5.23. The maximum atomic E-state index is 13.8. The van der Waals surface area contributed by atoms with Crippen LogP contribution in [0, 0.1) is 11.6 Å². The maximum absolute atomic E-state index is 13.8. The largest absolute Gasteiger partial charge is 0.486 e. The molecule has 0 aromatic heterocycles. The molecule has 0 aliphatic carbocycles. The first-order valence-corrected chi connectivity index (χ1v) is 12.1. The molecule has 196 valence electrons. The van der Waals surface area contributed by atoms with Gasteiger partial charge in [0.05, 0.1) is 0 Å². The van der Waals surface area contributed by atoms with E-state index in [1.807, 2.05) is 6.07 Å². The van der Waals surface area contributed by atoms with Gasteiger partial charge in [0, 0.05) is 5.56 Å². The van der Waals surface area contributed by atoms with Gasteiger partial charge in [-0.05, 0) is 79.9 Å². The molecule has 1 saturated heterocycles. The summed E-state index contributed by atoms with van der Waals surface area (Å²) in [6.45, 7) is 4.48. The number of hydrogen-bond acceptors (Lipinski definition) is 4. The van der Waals surface area contributed by atoms with Crippen molar-refractivity contribution < 1.29 is 31.8 Å². The van der Waals surface area contributed by atoms with Crippen LogP contribution in [0.5, 0.6) is 11.5 Å². The molecular formula is C28H28F4N2O3. The van der Waals surface area contributed by atoms with E-state index >= 15 is 0 Å². The Morgan fingerprint density at radius 3 is 2.14 bits per heavy atom. The van der Waals surface area contributed by atoms with Crippen molar-refractivity contribution in [1.82, 2.24) is 4.90 Å². The lowest BCUT2D eigenvalue weighted by Crippen LogP contribution is -2.37. The van der Waals surface area contributed by atoms with Crippen LogP contribution in [-0.4, -0.2) is 43.7 Å². The van der Waals surface area contributed by atoms with Crippen molar-refractivity contribution in [1.29, 1.82) is 0 Å². The van der Waals surface area contributed by atoms with Crippen LogP contribution in [0.25, 0.3) is 11.1 Å². The van der Waals surface area contributed by atoms with Gasteiger partial charge in [0.2, 0.25) is 0 Å². The number of nitrogens with two attached hydrogens (primary N) is 1. The Morgan fingerprint density at radius 1 is 0.919 bits per heavy atom. The lowest BCUT2D eigenvalue weighted by atomic mass is 10.0. The van der Waals surface area contributed by atoms with E-state index in [-0.39, 0.29) is 17.4 Å². The van der Waals surface area contributed by atoms with E-state index in [4.69, 9.17) is 9.47 Å². The number of halogens is 4. The van der Waals surface area contributed by atoms with Crippen molar-refractivity contribution in [2.75, 3.05) is 32.8 Å². The van der Waals surface area contributed by atoms with Gasteiger partial charge in [-0.25, -0.2) is 8.78 Å². The molecule has 3 aromatic carbocycles. The number of likely N-dealkylation sites (tertiary alicyclic amines) is 1. The molecule has 5 rings (SSSR count). The van der Waals surface area contributed by atoms with Gasteiger partial charge in [-0.1, -0.05) is 36.4 Å². The number of alkyl halides is 2. The van der Waals surface area contributed by atoms with E-state index in [1.165, 1.54) is 55.9 Å². The molecule has 2 heterocycles. The Hall–Kier alpha value is -3.59. The highest BCUT2D eigenvalue weighted by Gasteiger charge is 2.38. The summed E-state index contributed by atoms with van der Waals surface area (Å²) in [6.07, 6.45) is 3.28. The molecule has 0 saturated carbocycles. The number of primary amides is 1. The molecule has 3 aromatic rings. The molecule has 0 bridgehead atoms. The highest BCUT2D eigenvalue weighted by molar-refractivity contribution is 5.83. The molecule has 0 atom stereocenters. The summed E-state index contributed by atoms with van der Waals surface area (Å²) >= 11 is 0. The van der Waals surface area contributed by atoms with Crippen LogP contribution in [0.4, 0.5) is 17.6 Å². The van der Waals surface area contributed by atoms with E-state index in [9.17, 15) is 22.4 Å². The molecule has 1 amide bonds. The zero-order chi connectivity index (χ0) is 26.4. The lowest BCUT2D eigenvalue weighted by molar-refractivity contribution is -0.143. The summed E-state index contributed by atoms with van der Waals surface area (Å²) in [4.78, 5) is 13.1. The number of hydrogen-bond donors (Lipinski definition) is 1. The van der Waals surface area contributed by atoms with Gasteiger partial charge in [-0.3, -0.25) is 4.79 Å². The van der Waals surface area contributed by atoms with Crippen LogP contribution < -0.4 is 15.2 Å². The Labute approximate surface area is 212 Å². The second-order valence-electron chi connectivity index (χ2n) is 8.92. The fourth-order valence-corrected chi connectivity index (χ4v) is 4.08. The molecule has 0 radical (unpaired) electrons. The summed E-state index contributed by atoms with van der Waals surface area (Å²) in [6, 6.07) is 14.2. The molecule has 0 spiro atoms. The lowest BCUT2D eigenvalue weighted by Gasteiger charge is -2.30. The first-order valence-electron chi connectivity index (χ1n) is 12.1. The van der Waals surface area contributed by atoms with E-state index in [0.29, 0.717) is 30.1 Å². The zero-order valence-electron chi connectivity index (χ0n) is 20.2. The molecule has 37 heavy (non-hydrogen) atoms. The van der Waals surface area contributed by atoms with Crippen LogP contribution in [0.1, 0.15) is 24.0 Å². The third-order valence-corrected chi connectivity index (χ3v) is 6.28. The predicted molar refractivity (Wildman–Crippen MR) is 132 cm³/mol. The molecule has 2 aliphatic rings. The highest BCUT2D eigenvalue weighted by atomic mass is 19.3. The third kappa shape index (κ3) is 6.60. The number of ether oxygens (including phenoxy) is 2. The van der Waals surface area contributed by atoms with Gasteiger partial charge in [0.25, 0.3) is 5.91 Å². The summed E-state index contributed by atoms with van der Waals surface area (Å²) in [5.41, 5.74) is 6.50. The number of fused-ring (bicyclic) bond motifs is 1. The standard InChI is InChI=1S/C14H10F3NO.C14H18FNO2/c15-12-7-3-10(4-8-12)9-1-5-11(6-2-9)14(16,17)13(18)19;15-12-9-11(3-1-4-16-5-2-6-16)10-13-14(12)18-8-7-17-13/h1-8H,(H2,18,19);9-10H,1-8H2. The van der Waals surface area contributed by atoms with E-state index in [1.54, 1.807) is 6.07 Å². The SMILES string of the molecule is Fc1cc(CCCN2CCC2)cc2c1OCCO2.NC(=O)C(F)(F)c1ccc(-c2ccc(F)cc2)cc1. The van der Waals surface area contributed by atoms with Crippen molar-refractivity contribution in [3.63, 3.8) is 0 Å². The third-order valence-electron chi connectivity index (χ3n) is 6.28. The molecule has 1 fully saturated rings. The van der Waals surface area contributed by atoms with Crippen molar-refractivity contribution in [3.05, 3.63) is 83.4 Å². The monoisotopic (exact) mass is 516 g/mol. The van der Waals surface area contributed by atoms with Gasteiger partial charge in [-0.2, -0.15) is 8.78 Å². The number of carbonyl (C=O) groups is 1. The average molecular weight is 517 g/mol. The van der Waals surface area contributed by atoms with E-state index < -0.39 is 17.4 Å². The van der Waals surface area contributed by atoms with Crippen LogP contribution in [0.15, 0.2) is 60.7 Å². The fourth-order valence-electron chi connectivity index (χ4n) is 4.08. The first kappa shape index (κ1) is 26.5. The van der Waals surface area contributed by atoms with Crippen molar-refractivity contribution in [3.8, 4) is 22.6 Å². The van der Waals surface area contributed by atoms with Crippen LogP contribution in [-0.2, 0) is 17.1 Å². The Bertz CT molecular complexity index is 1210. The maximum Gasteiger partial charge on any atom is 0.349 e. The van der Waals surface area contributed by atoms with E-state index in [2.05, 4.69) is 10.6 Å². The number of aryl methyl sites for hydroxylation is 1. The summed E-state index contributed by atoms with van der Waals surface area (Å²) < 4.78 is 63.9. The Kier molecular flexibility index (Phi) is 8.33. The van der Waals surface area contributed by atoms with E-state index in [0.717, 1.165) is 37.1 Å². The van der Waals surface area contributed by atoms with Gasteiger partial charge >= 0.3 is 5.92 Å². The minimum Gasteiger partial charge on any atom is -0.486 e. The highest BCUT2D eigenvalue weighted by Crippen LogP contribution is 2.34. The van der Waals surface area contributed by atoms with Gasteiger partial charge < -0.3 is 20.1 Å². The first-order chi connectivity index (χ1) is 17.7. The Morgan fingerprint density at radius 2 is 1.54 bits per heavy atom. The smallest absolute Gasteiger partial charge is 0.349 e. The molecule has 9 heteroatoms. The van der Waals surface area contributed by atoms with Crippen molar-refractivity contribution >= 4 is 5.91 Å². The second kappa shape index (κ2) is 11.6. The average Bonchev–Trinajstić information content (AvgIpc) is 2.86. The van der Waals surface area contributed by atoms with Crippen LogP contribution >= 0.6 is 0 Å². The molecular weight excluding hydrogens is 488 g/mol. The van der Waals surface area contributed by atoms with Gasteiger partial charge in [-0.15, -0.1) is 0 Å². The van der Waals surface area contributed by atoms with Crippen molar-refractivity contribution in [2.45, 2.75) is 25.2 Å². The number of carbonyl (C=O) groups excluding carboxylic acids is 1. The van der Waals surface area contributed by atoms with Gasteiger partial charge in [0.15, 0.2) is 17.3 Å². The normalized spacial score (nSPS) is 14.8. The number of nitrogens with zero attached hydrogens (tertiary/aromatic N) is 1. The summed E-state index contributed by atoms with van der Waals surface area (Å²) in [7, 11) is 0. The van der Waals surface area contributed by atoms with Crippen molar-refractivity contribution in [2.24, 2.45) is 5.73 Å². The number of benzene rings is 3. The number of amides is 1. The van der Waals surface area contributed by atoms with Crippen LogP contribution in [0.2, 0.25) is 0 Å². The van der Waals surface area contributed by atoms with Crippen LogP contribution in [0.3, 0.4) is 0 Å². The molecule has 2 aliphatic heterocycles.